The average Bonchev–Trinajstić information content (AvgIpc) is 2.49. The largest absolute Gasteiger partial charge is 0.293 e. The van der Waals surface area contributed by atoms with E-state index in [2.05, 4.69) is 33.6 Å². The smallest absolute Gasteiger partial charge is 0.172 e. The van der Waals surface area contributed by atoms with Crippen molar-refractivity contribution in [1.29, 1.82) is 0 Å². The number of rotatable bonds is 2. The minimum Gasteiger partial charge on any atom is -0.293 e. The minimum absolute atomic E-state index is 0.0738. The van der Waals surface area contributed by atoms with Crippen LogP contribution in [0, 0.1) is 10.5 Å². The van der Waals surface area contributed by atoms with E-state index in [1.807, 2.05) is 31.2 Å². The van der Waals surface area contributed by atoms with Crippen molar-refractivity contribution < 1.29 is 4.79 Å². The number of carbonyl (C=O) groups excluding carboxylic acids is 1. The molecule has 1 aromatic heterocycles. The molecule has 0 bridgehead atoms. The van der Waals surface area contributed by atoms with Crippen molar-refractivity contribution in [2.45, 2.75) is 32.1 Å². The lowest BCUT2D eigenvalue weighted by atomic mass is 9.82. The number of hydrogen-bond donors (Lipinski definition) is 0. The molecule has 0 saturated heterocycles. The first-order valence-corrected chi connectivity index (χ1v) is 7.99. The summed E-state index contributed by atoms with van der Waals surface area (Å²) in [7, 11) is 0. The van der Waals surface area contributed by atoms with Gasteiger partial charge < -0.3 is 0 Å². The van der Waals surface area contributed by atoms with E-state index in [1.165, 1.54) is 5.56 Å². The van der Waals surface area contributed by atoms with E-state index < -0.39 is 0 Å². The van der Waals surface area contributed by atoms with Gasteiger partial charge in [-0.2, -0.15) is 0 Å². The van der Waals surface area contributed by atoms with Gasteiger partial charge >= 0.3 is 0 Å². The molecule has 0 fully saturated rings. The Bertz CT molecular complexity index is 666. The number of pyridine rings is 1. The van der Waals surface area contributed by atoms with Gasteiger partial charge in [-0.25, -0.2) is 0 Å². The molecule has 0 saturated carbocycles. The molecule has 1 aliphatic carbocycles. The van der Waals surface area contributed by atoms with E-state index in [1.54, 1.807) is 6.20 Å². The number of halogens is 1. The number of ketones is 1. The van der Waals surface area contributed by atoms with Gasteiger partial charge in [0.15, 0.2) is 5.78 Å². The third-order valence-corrected chi connectivity index (χ3v) is 5.40. The minimum atomic E-state index is -0.0738. The average molecular weight is 377 g/mol. The molecule has 102 valence electrons. The van der Waals surface area contributed by atoms with Crippen LogP contribution in [0.4, 0.5) is 0 Å². The summed E-state index contributed by atoms with van der Waals surface area (Å²) in [6, 6.07) is 10.0. The predicted octanol–water partition coefficient (Wildman–Crippen LogP) is 4.30. The van der Waals surface area contributed by atoms with Gasteiger partial charge in [0.2, 0.25) is 0 Å². The highest BCUT2D eigenvalue weighted by molar-refractivity contribution is 14.1. The topological polar surface area (TPSA) is 30.0 Å². The molecule has 0 amide bonds. The van der Waals surface area contributed by atoms with Gasteiger partial charge in [-0.05, 0) is 66.0 Å². The second-order valence-corrected chi connectivity index (χ2v) is 6.37. The molecular weight excluding hydrogens is 361 g/mol. The van der Waals surface area contributed by atoms with Crippen molar-refractivity contribution in [3.05, 3.63) is 62.5 Å². The van der Waals surface area contributed by atoms with Crippen molar-refractivity contribution in [1.82, 2.24) is 4.98 Å². The second kappa shape index (κ2) is 5.64. The van der Waals surface area contributed by atoms with E-state index >= 15 is 0 Å². The molecule has 0 radical (unpaired) electrons. The van der Waals surface area contributed by atoms with Crippen LogP contribution in [-0.4, -0.2) is 10.8 Å². The Balaban J connectivity index is 2.02. The van der Waals surface area contributed by atoms with Crippen molar-refractivity contribution >= 4 is 28.4 Å². The molecule has 0 aliphatic heterocycles. The van der Waals surface area contributed by atoms with Crippen LogP contribution in [0.25, 0.3) is 0 Å². The van der Waals surface area contributed by atoms with Gasteiger partial charge in [0, 0.05) is 15.3 Å². The van der Waals surface area contributed by atoms with Crippen molar-refractivity contribution in [2.24, 2.45) is 0 Å². The first-order chi connectivity index (χ1) is 9.68. The molecule has 1 aliphatic rings. The van der Waals surface area contributed by atoms with Gasteiger partial charge in [-0.3, -0.25) is 9.78 Å². The van der Waals surface area contributed by atoms with Gasteiger partial charge in [0.1, 0.15) is 0 Å². The number of hydrogen-bond acceptors (Lipinski definition) is 2. The van der Waals surface area contributed by atoms with Gasteiger partial charge in [0.05, 0.1) is 11.6 Å². The molecule has 0 N–H and O–H groups in total. The number of aryl methyl sites for hydroxylation is 2. The SMILES string of the molecule is Cc1cccc(C(=O)C2CCCc3cccnc32)c1I. The van der Waals surface area contributed by atoms with Crippen LogP contribution >= 0.6 is 22.6 Å². The van der Waals surface area contributed by atoms with Gasteiger partial charge in [0.25, 0.3) is 0 Å². The van der Waals surface area contributed by atoms with Crippen molar-refractivity contribution in [3.63, 3.8) is 0 Å². The number of Topliss-reactive ketones (excluding diaryl/α,β-unsaturated/α-hetero) is 1. The summed E-state index contributed by atoms with van der Waals surface area (Å²) in [5.41, 5.74) is 4.23. The zero-order valence-electron chi connectivity index (χ0n) is 11.4. The van der Waals surface area contributed by atoms with E-state index in [0.717, 1.165) is 39.7 Å². The molecule has 3 heteroatoms. The van der Waals surface area contributed by atoms with Gasteiger partial charge in [-0.1, -0.05) is 24.3 Å². The number of carbonyl (C=O) groups is 1. The Hall–Kier alpha value is -1.23. The Morgan fingerprint density at radius 1 is 1.30 bits per heavy atom. The zero-order chi connectivity index (χ0) is 14.1. The zero-order valence-corrected chi connectivity index (χ0v) is 13.6. The van der Waals surface area contributed by atoms with Crippen molar-refractivity contribution in [2.75, 3.05) is 0 Å². The number of nitrogens with zero attached hydrogens (tertiary/aromatic N) is 1. The van der Waals surface area contributed by atoms with Crippen LogP contribution < -0.4 is 0 Å². The highest BCUT2D eigenvalue weighted by Crippen LogP contribution is 2.33. The fourth-order valence-corrected chi connectivity index (χ4v) is 3.52. The quantitative estimate of drug-likeness (QED) is 0.577. The number of aromatic nitrogens is 1. The molecule has 1 aromatic carbocycles. The second-order valence-electron chi connectivity index (χ2n) is 5.29. The fourth-order valence-electron chi connectivity index (χ4n) is 2.89. The summed E-state index contributed by atoms with van der Waals surface area (Å²) < 4.78 is 1.07. The molecule has 2 nitrogen and oxygen atoms in total. The number of fused-ring (bicyclic) bond motifs is 1. The van der Waals surface area contributed by atoms with Crippen LogP contribution in [0.3, 0.4) is 0 Å². The molecule has 0 spiro atoms. The highest BCUT2D eigenvalue weighted by atomic mass is 127. The van der Waals surface area contributed by atoms with Crippen LogP contribution in [0.1, 0.15) is 45.9 Å². The van der Waals surface area contributed by atoms with Crippen LogP contribution in [0.2, 0.25) is 0 Å². The lowest BCUT2D eigenvalue weighted by Crippen LogP contribution is -2.21. The summed E-state index contributed by atoms with van der Waals surface area (Å²) in [4.78, 5) is 17.4. The Labute approximate surface area is 132 Å². The summed E-state index contributed by atoms with van der Waals surface area (Å²) in [5.74, 6) is 0.146. The number of benzene rings is 1. The normalized spacial score (nSPS) is 17.6. The Kier molecular flexibility index (Phi) is 3.87. The standard InChI is InChI=1S/C17H16INO/c1-11-5-2-8-13(15(11)18)17(20)14-9-3-6-12-7-4-10-19-16(12)14/h2,4-5,7-8,10,14H,3,6,9H2,1H3. The molecular formula is C17H16INO. The maximum Gasteiger partial charge on any atom is 0.172 e. The monoisotopic (exact) mass is 377 g/mol. The maximum absolute atomic E-state index is 12.9. The molecule has 20 heavy (non-hydrogen) atoms. The van der Waals surface area contributed by atoms with Gasteiger partial charge in [-0.15, -0.1) is 0 Å². The molecule has 2 aromatic rings. The third kappa shape index (κ3) is 2.39. The summed E-state index contributed by atoms with van der Waals surface area (Å²) in [6.07, 6.45) is 4.81. The molecule has 1 atom stereocenters. The van der Waals surface area contributed by atoms with Crippen LogP contribution in [0.5, 0.6) is 0 Å². The maximum atomic E-state index is 12.9. The highest BCUT2D eigenvalue weighted by Gasteiger charge is 2.29. The summed E-state index contributed by atoms with van der Waals surface area (Å²) in [5, 5.41) is 0. The molecule has 3 rings (SSSR count). The molecule has 1 unspecified atom stereocenters. The van der Waals surface area contributed by atoms with Crippen LogP contribution in [0.15, 0.2) is 36.5 Å². The van der Waals surface area contributed by atoms with E-state index in [0.29, 0.717) is 0 Å². The summed E-state index contributed by atoms with van der Waals surface area (Å²) in [6.45, 7) is 2.05. The first kappa shape index (κ1) is 13.7. The van der Waals surface area contributed by atoms with E-state index in [-0.39, 0.29) is 11.7 Å². The van der Waals surface area contributed by atoms with E-state index in [4.69, 9.17) is 0 Å². The third-order valence-electron chi connectivity index (χ3n) is 3.97. The molecule has 1 heterocycles. The predicted molar refractivity (Wildman–Crippen MR) is 88.1 cm³/mol. The van der Waals surface area contributed by atoms with Crippen molar-refractivity contribution in [3.8, 4) is 0 Å². The van der Waals surface area contributed by atoms with E-state index in [9.17, 15) is 4.79 Å². The lowest BCUT2D eigenvalue weighted by molar-refractivity contribution is 0.0948. The first-order valence-electron chi connectivity index (χ1n) is 6.91. The fraction of sp³-hybridized carbons (Fsp3) is 0.294. The Morgan fingerprint density at radius 2 is 2.15 bits per heavy atom. The van der Waals surface area contributed by atoms with Crippen LogP contribution in [-0.2, 0) is 6.42 Å². The summed E-state index contributed by atoms with van der Waals surface area (Å²) >= 11 is 2.27. The lowest BCUT2D eigenvalue weighted by Gasteiger charge is -2.23. The Morgan fingerprint density at radius 3 is 3.00 bits per heavy atom.